The van der Waals surface area contributed by atoms with Gasteiger partial charge in [0.25, 0.3) is 5.91 Å². The van der Waals surface area contributed by atoms with Crippen LogP contribution in [0.2, 0.25) is 0 Å². The fraction of sp³-hybridized carbons (Fsp3) is 0.0476. The lowest BCUT2D eigenvalue weighted by Crippen LogP contribution is -2.24. The second kappa shape index (κ2) is 9.55. The Labute approximate surface area is 181 Å². The maximum Gasteiger partial charge on any atom is 0.353 e. The highest BCUT2D eigenvalue weighted by molar-refractivity contribution is 7.12. The van der Waals surface area contributed by atoms with Gasteiger partial charge in [0.05, 0.1) is 6.21 Å². The second-order valence-electron chi connectivity index (χ2n) is 6.24. The van der Waals surface area contributed by atoms with E-state index in [2.05, 4.69) is 25.9 Å². The third-order valence-electron chi connectivity index (χ3n) is 3.96. The average molecular weight is 432 g/mol. The Morgan fingerprint density at radius 1 is 1.10 bits per heavy atom. The molecule has 0 radical (unpaired) electrons. The molecular weight excluding hydrogens is 416 g/mol. The van der Waals surface area contributed by atoms with Gasteiger partial charge in [-0.15, -0.1) is 21.5 Å². The van der Waals surface area contributed by atoms with Crippen LogP contribution in [0.1, 0.15) is 15.2 Å². The molecule has 9 nitrogen and oxygen atoms in total. The fourth-order valence-corrected chi connectivity index (χ4v) is 3.16. The van der Waals surface area contributed by atoms with Gasteiger partial charge in [-0.1, -0.05) is 48.5 Å². The number of hydrazone groups is 1. The number of aromatic nitrogens is 4. The van der Waals surface area contributed by atoms with Gasteiger partial charge < -0.3 is 4.74 Å². The van der Waals surface area contributed by atoms with E-state index in [1.807, 2.05) is 30.3 Å². The standard InChI is InChI=1S/C21H16N6O3S/c28-19(14-27-25-20(24-26-27)16-7-2-1-3-8-16)23-22-13-15-6-4-9-17(12-15)30-21(29)18-10-5-11-31-18/h1-13H,14H2,(H,23,28). The number of hydrogen-bond donors (Lipinski definition) is 1. The maximum absolute atomic E-state index is 12.1. The van der Waals surface area contributed by atoms with Gasteiger partial charge in [-0.2, -0.15) is 9.90 Å². The van der Waals surface area contributed by atoms with Crippen LogP contribution in [-0.4, -0.2) is 38.3 Å². The summed E-state index contributed by atoms with van der Waals surface area (Å²) in [6.45, 7) is -0.129. The lowest BCUT2D eigenvalue weighted by Gasteiger charge is -2.03. The van der Waals surface area contributed by atoms with Crippen LogP contribution in [0.15, 0.2) is 77.2 Å². The minimum absolute atomic E-state index is 0.129. The van der Waals surface area contributed by atoms with Crippen LogP contribution >= 0.6 is 11.3 Å². The number of amides is 1. The third-order valence-corrected chi connectivity index (χ3v) is 4.81. The summed E-state index contributed by atoms with van der Waals surface area (Å²) in [5.41, 5.74) is 3.87. The van der Waals surface area contributed by atoms with Crippen molar-refractivity contribution in [2.75, 3.05) is 0 Å². The predicted octanol–water partition coefficient (Wildman–Crippen LogP) is 2.77. The molecule has 2 aromatic carbocycles. The zero-order chi connectivity index (χ0) is 21.5. The SMILES string of the molecule is O=C(Cn1nnc(-c2ccccc2)n1)NN=Cc1cccc(OC(=O)c2cccs2)c1. The number of benzene rings is 2. The molecule has 2 heterocycles. The van der Waals surface area contributed by atoms with Crippen molar-refractivity contribution in [2.24, 2.45) is 5.10 Å². The molecule has 0 aliphatic carbocycles. The molecule has 0 atom stereocenters. The Bertz CT molecular complexity index is 1200. The molecule has 154 valence electrons. The van der Waals surface area contributed by atoms with E-state index in [1.165, 1.54) is 22.3 Å². The molecule has 4 aromatic rings. The molecule has 1 N–H and O–H groups in total. The van der Waals surface area contributed by atoms with Crippen molar-refractivity contribution in [3.05, 3.63) is 82.6 Å². The molecule has 0 spiro atoms. The number of thiophene rings is 1. The lowest BCUT2D eigenvalue weighted by molar-refractivity contribution is -0.122. The Morgan fingerprint density at radius 2 is 1.97 bits per heavy atom. The van der Waals surface area contributed by atoms with Crippen molar-refractivity contribution in [3.63, 3.8) is 0 Å². The minimum Gasteiger partial charge on any atom is -0.422 e. The largest absolute Gasteiger partial charge is 0.422 e. The molecule has 0 saturated heterocycles. The quantitative estimate of drug-likeness (QED) is 0.208. The Morgan fingerprint density at radius 3 is 2.77 bits per heavy atom. The van der Waals surface area contributed by atoms with E-state index in [9.17, 15) is 9.59 Å². The highest BCUT2D eigenvalue weighted by Crippen LogP contribution is 2.16. The van der Waals surface area contributed by atoms with E-state index in [4.69, 9.17) is 4.74 Å². The predicted molar refractivity (Wildman–Crippen MR) is 115 cm³/mol. The molecule has 31 heavy (non-hydrogen) atoms. The Balaban J connectivity index is 1.31. The summed E-state index contributed by atoms with van der Waals surface area (Å²) in [7, 11) is 0. The van der Waals surface area contributed by atoms with Crippen molar-refractivity contribution in [1.29, 1.82) is 0 Å². The highest BCUT2D eigenvalue weighted by atomic mass is 32.1. The van der Waals surface area contributed by atoms with E-state index < -0.39 is 11.9 Å². The Kier molecular flexibility index (Phi) is 6.19. The summed E-state index contributed by atoms with van der Waals surface area (Å²) >= 11 is 1.31. The van der Waals surface area contributed by atoms with Gasteiger partial charge >= 0.3 is 5.97 Å². The minimum atomic E-state index is -0.424. The molecule has 4 rings (SSSR count). The zero-order valence-corrected chi connectivity index (χ0v) is 16.9. The molecular formula is C21H16N6O3S. The van der Waals surface area contributed by atoms with Crippen LogP contribution in [0.25, 0.3) is 11.4 Å². The number of ether oxygens (including phenoxy) is 1. The number of carbonyl (C=O) groups is 2. The van der Waals surface area contributed by atoms with Crippen LogP contribution in [0.4, 0.5) is 0 Å². The van der Waals surface area contributed by atoms with Gasteiger partial charge in [0.1, 0.15) is 17.2 Å². The summed E-state index contributed by atoms with van der Waals surface area (Å²) in [4.78, 5) is 25.8. The molecule has 0 aliphatic heterocycles. The van der Waals surface area contributed by atoms with Crippen LogP contribution in [0.3, 0.4) is 0 Å². The molecule has 0 saturated carbocycles. The first-order chi connectivity index (χ1) is 15.2. The van der Waals surface area contributed by atoms with Gasteiger partial charge in [-0.3, -0.25) is 4.79 Å². The van der Waals surface area contributed by atoms with Crippen LogP contribution in [0.5, 0.6) is 5.75 Å². The van der Waals surface area contributed by atoms with Crippen molar-refractivity contribution in [1.82, 2.24) is 25.6 Å². The smallest absolute Gasteiger partial charge is 0.353 e. The molecule has 1 amide bonds. The van der Waals surface area contributed by atoms with Gasteiger partial charge in [0, 0.05) is 5.56 Å². The average Bonchev–Trinajstić information content (AvgIpc) is 3.47. The van der Waals surface area contributed by atoms with E-state index in [1.54, 1.807) is 41.8 Å². The molecule has 0 aliphatic rings. The summed E-state index contributed by atoms with van der Waals surface area (Å²) < 4.78 is 5.34. The number of nitrogens with one attached hydrogen (secondary N) is 1. The number of tetrazole rings is 1. The monoisotopic (exact) mass is 432 g/mol. The Hall–Kier alpha value is -4.18. The lowest BCUT2D eigenvalue weighted by atomic mass is 10.2. The van der Waals surface area contributed by atoms with Crippen LogP contribution in [0, 0.1) is 0 Å². The van der Waals surface area contributed by atoms with E-state index >= 15 is 0 Å². The van der Waals surface area contributed by atoms with Crippen molar-refractivity contribution in [2.45, 2.75) is 6.54 Å². The van der Waals surface area contributed by atoms with Gasteiger partial charge in [0.15, 0.2) is 0 Å². The van der Waals surface area contributed by atoms with E-state index in [-0.39, 0.29) is 6.54 Å². The van der Waals surface area contributed by atoms with Crippen LogP contribution in [-0.2, 0) is 11.3 Å². The summed E-state index contributed by atoms with van der Waals surface area (Å²) in [5.74, 6) is -0.0131. The first-order valence-corrected chi connectivity index (χ1v) is 10.1. The number of hydrogen-bond acceptors (Lipinski definition) is 8. The fourth-order valence-electron chi connectivity index (χ4n) is 2.57. The van der Waals surface area contributed by atoms with Crippen molar-refractivity contribution >= 4 is 29.4 Å². The van der Waals surface area contributed by atoms with Gasteiger partial charge in [0.2, 0.25) is 5.82 Å². The topological polar surface area (TPSA) is 111 Å². The summed E-state index contributed by atoms with van der Waals surface area (Å²) in [6, 6.07) is 19.6. The number of nitrogens with zero attached hydrogens (tertiary/aromatic N) is 5. The highest BCUT2D eigenvalue weighted by Gasteiger charge is 2.10. The molecule has 0 fully saturated rings. The molecule has 10 heteroatoms. The summed E-state index contributed by atoms with van der Waals surface area (Å²) in [5, 5.41) is 17.7. The first-order valence-electron chi connectivity index (χ1n) is 9.18. The number of rotatable bonds is 7. The first kappa shape index (κ1) is 20.1. The van der Waals surface area contributed by atoms with E-state index in [0.717, 1.165) is 5.56 Å². The van der Waals surface area contributed by atoms with Crippen molar-refractivity contribution < 1.29 is 14.3 Å². The van der Waals surface area contributed by atoms with Gasteiger partial charge in [-0.05, 0) is 34.4 Å². The van der Waals surface area contributed by atoms with Crippen LogP contribution < -0.4 is 10.2 Å². The molecule has 0 unspecified atom stereocenters. The van der Waals surface area contributed by atoms with Gasteiger partial charge in [-0.25, -0.2) is 10.2 Å². The number of carbonyl (C=O) groups excluding carboxylic acids is 2. The maximum atomic E-state index is 12.1. The van der Waals surface area contributed by atoms with E-state index in [0.29, 0.717) is 22.0 Å². The zero-order valence-electron chi connectivity index (χ0n) is 16.1. The molecule has 0 bridgehead atoms. The summed E-state index contributed by atoms with van der Waals surface area (Å²) in [6.07, 6.45) is 1.45. The van der Waals surface area contributed by atoms with Crippen molar-refractivity contribution in [3.8, 4) is 17.1 Å². The number of esters is 1. The second-order valence-corrected chi connectivity index (χ2v) is 7.19. The third kappa shape index (κ3) is 5.46. The normalized spacial score (nSPS) is 10.8. The molecule has 2 aromatic heterocycles.